The Labute approximate surface area is 119 Å². The van der Waals surface area contributed by atoms with Crippen molar-refractivity contribution >= 4 is 0 Å². The van der Waals surface area contributed by atoms with E-state index in [0.717, 1.165) is 19.0 Å². The highest BCUT2D eigenvalue weighted by atomic mass is 14.8. The van der Waals surface area contributed by atoms with E-state index in [4.69, 9.17) is 0 Å². The van der Waals surface area contributed by atoms with Crippen LogP contribution >= 0.6 is 0 Å². The third kappa shape index (κ3) is 8.05. The molecule has 0 saturated carbocycles. The zero-order valence-electron chi connectivity index (χ0n) is 13.3. The standard InChI is InChI=1S/C18H31N/c1-15(2)9-7-5-6-8-10-19-14-18-12-16(3)11-17(4)13-18/h11-13,15,19H,5-10,14H2,1-4H3. The number of rotatable bonds is 9. The van der Waals surface area contributed by atoms with Crippen molar-refractivity contribution < 1.29 is 0 Å². The van der Waals surface area contributed by atoms with Crippen LogP contribution in [-0.4, -0.2) is 6.54 Å². The summed E-state index contributed by atoms with van der Waals surface area (Å²) in [4.78, 5) is 0. The van der Waals surface area contributed by atoms with Crippen molar-refractivity contribution in [2.45, 2.75) is 66.3 Å². The fraction of sp³-hybridized carbons (Fsp3) is 0.667. The number of hydrogen-bond acceptors (Lipinski definition) is 1. The molecule has 1 rings (SSSR count). The third-order valence-electron chi connectivity index (χ3n) is 3.50. The average molecular weight is 261 g/mol. The van der Waals surface area contributed by atoms with Gasteiger partial charge in [-0.25, -0.2) is 0 Å². The van der Waals surface area contributed by atoms with Crippen LogP contribution in [0, 0.1) is 19.8 Å². The largest absolute Gasteiger partial charge is 0.313 e. The molecule has 1 nitrogen and oxygen atoms in total. The van der Waals surface area contributed by atoms with Gasteiger partial charge in [0.25, 0.3) is 0 Å². The summed E-state index contributed by atoms with van der Waals surface area (Å²) in [6, 6.07) is 6.80. The van der Waals surface area contributed by atoms with E-state index in [0.29, 0.717) is 0 Å². The summed E-state index contributed by atoms with van der Waals surface area (Å²) >= 11 is 0. The molecule has 1 heteroatoms. The summed E-state index contributed by atoms with van der Waals surface area (Å²) in [6.45, 7) is 11.1. The lowest BCUT2D eigenvalue weighted by Crippen LogP contribution is -2.14. The quantitative estimate of drug-likeness (QED) is 0.617. The smallest absolute Gasteiger partial charge is 0.0205 e. The van der Waals surface area contributed by atoms with Gasteiger partial charge in [0.2, 0.25) is 0 Å². The molecule has 0 unspecified atom stereocenters. The van der Waals surface area contributed by atoms with Gasteiger partial charge in [-0.05, 0) is 38.3 Å². The average Bonchev–Trinajstić information content (AvgIpc) is 2.31. The molecule has 0 spiro atoms. The van der Waals surface area contributed by atoms with E-state index in [2.05, 4.69) is 51.2 Å². The number of benzene rings is 1. The molecule has 0 amide bonds. The van der Waals surface area contributed by atoms with Crippen molar-refractivity contribution in [1.82, 2.24) is 5.32 Å². The van der Waals surface area contributed by atoms with Crippen LogP contribution in [0.2, 0.25) is 0 Å². The Morgan fingerprint density at radius 1 is 0.895 bits per heavy atom. The minimum absolute atomic E-state index is 0.864. The highest BCUT2D eigenvalue weighted by molar-refractivity contribution is 5.28. The van der Waals surface area contributed by atoms with Gasteiger partial charge in [-0.2, -0.15) is 0 Å². The van der Waals surface area contributed by atoms with E-state index in [1.165, 1.54) is 48.8 Å². The SMILES string of the molecule is Cc1cc(C)cc(CNCCCCCCC(C)C)c1. The molecule has 0 saturated heterocycles. The molecular formula is C18H31N. The minimum atomic E-state index is 0.864. The van der Waals surface area contributed by atoms with E-state index in [9.17, 15) is 0 Å². The number of aryl methyl sites for hydroxylation is 2. The van der Waals surface area contributed by atoms with Crippen LogP contribution in [0.5, 0.6) is 0 Å². The van der Waals surface area contributed by atoms with Gasteiger partial charge in [0, 0.05) is 6.54 Å². The van der Waals surface area contributed by atoms with Crippen molar-refractivity contribution in [1.29, 1.82) is 0 Å². The second kappa shape index (κ2) is 9.14. The third-order valence-corrected chi connectivity index (χ3v) is 3.50. The maximum atomic E-state index is 3.56. The van der Waals surface area contributed by atoms with Gasteiger partial charge in [0.05, 0.1) is 0 Å². The highest BCUT2D eigenvalue weighted by Crippen LogP contribution is 2.10. The van der Waals surface area contributed by atoms with Gasteiger partial charge < -0.3 is 5.32 Å². The lowest BCUT2D eigenvalue weighted by molar-refractivity contribution is 0.512. The topological polar surface area (TPSA) is 12.0 Å². The first kappa shape index (κ1) is 16.2. The van der Waals surface area contributed by atoms with Gasteiger partial charge in [-0.3, -0.25) is 0 Å². The summed E-state index contributed by atoms with van der Waals surface area (Å²) < 4.78 is 0. The van der Waals surface area contributed by atoms with Crippen molar-refractivity contribution in [2.24, 2.45) is 5.92 Å². The van der Waals surface area contributed by atoms with Crippen molar-refractivity contribution in [2.75, 3.05) is 6.54 Å². The van der Waals surface area contributed by atoms with Crippen LogP contribution in [0.4, 0.5) is 0 Å². The lowest BCUT2D eigenvalue weighted by atomic mass is 10.0. The summed E-state index contributed by atoms with van der Waals surface area (Å²) in [5.41, 5.74) is 4.15. The predicted molar refractivity (Wildman–Crippen MR) is 85.5 cm³/mol. The molecular weight excluding hydrogens is 230 g/mol. The second-order valence-electron chi connectivity index (χ2n) is 6.27. The van der Waals surface area contributed by atoms with Crippen LogP contribution in [0.25, 0.3) is 0 Å². The summed E-state index contributed by atoms with van der Waals surface area (Å²) in [6.07, 6.45) is 6.85. The van der Waals surface area contributed by atoms with Gasteiger partial charge in [-0.1, -0.05) is 68.9 Å². The Balaban J connectivity index is 2.04. The van der Waals surface area contributed by atoms with Gasteiger partial charge in [0.1, 0.15) is 0 Å². The van der Waals surface area contributed by atoms with Gasteiger partial charge in [-0.15, -0.1) is 0 Å². The Hall–Kier alpha value is -0.820. The fourth-order valence-corrected chi connectivity index (χ4v) is 2.56. The van der Waals surface area contributed by atoms with E-state index in [1.807, 2.05) is 0 Å². The Bertz CT molecular complexity index is 334. The molecule has 1 aromatic rings. The molecule has 0 aliphatic rings. The lowest BCUT2D eigenvalue weighted by Gasteiger charge is -2.08. The maximum absolute atomic E-state index is 3.56. The second-order valence-corrected chi connectivity index (χ2v) is 6.27. The normalized spacial score (nSPS) is 11.2. The zero-order chi connectivity index (χ0) is 14.1. The number of hydrogen-bond donors (Lipinski definition) is 1. The maximum Gasteiger partial charge on any atom is 0.0205 e. The first-order chi connectivity index (χ1) is 9.08. The molecule has 0 heterocycles. The van der Waals surface area contributed by atoms with Gasteiger partial charge >= 0.3 is 0 Å². The zero-order valence-corrected chi connectivity index (χ0v) is 13.3. The fourth-order valence-electron chi connectivity index (χ4n) is 2.56. The molecule has 0 aliphatic carbocycles. The molecule has 0 bridgehead atoms. The van der Waals surface area contributed by atoms with Crippen LogP contribution in [-0.2, 0) is 6.54 Å². The molecule has 19 heavy (non-hydrogen) atoms. The van der Waals surface area contributed by atoms with Crippen LogP contribution in [0.15, 0.2) is 18.2 Å². The number of unbranched alkanes of at least 4 members (excludes halogenated alkanes) is 3. The molecule has 0 fully saturated rings. The van der Waals surface area contributed by atoms with Crippen molar-refractivity contribution in [3.63, 3.8) is 0 Å². The predicted octanol–water partition coefficient (Wildman–Crippen LogP) is 5.00. The monoisotopic (exact) mass is 261 g/mol. The first-order valence-corrected chi connectivity index (χ1v) is 7.86. The molecule has 1 aromatic carbocycles. The molecule has 0 radical (unpaired) electrons. The van der Waals surface area contributed by atoms with Crippen molar-refractivity contribution in [3.05, 3.63) is 34.9 Å². The van der Waals surface area contributed by atoms with Crippen LogP contribution in [0.3, 0.4) is 0 Å². The Morgan fingerprint density at radius 3 is 2.16 bits per heavy atom. The van der Waals surface area contributed by atoms with Crippen molar-refractivity contribution in [3.8, 4) is 0 Å². The highest BCUT2D eigenvalue weighted by Gasteiger charge is 1.97. The summed E-state index contributed by atoms with van der Waals surface area (Å²) in [5, 5.41) is 3.56. The first-order valence-electron chi connectivity index (χ1n) is 7.86. The molecule has 0 aliphatic heterocycles. The summed E-state index contributed by atoms with van der Waals surface area (Å²) in [5.74, 6) is 0.864. The Kier molecular flexibility index (Phi) is 7.81. The minimum Gasteiger partial charge on any atom is -0.313 e. The van der Waals surface area contributed by atoms with E-state index in [-0.39, 0.29) is 0 Å². The molecule has 0 atom stereocenters. The van der Waals surface area contributed by atoms with Gasteiger partial charge in [0.15, 0.2) is 0 Å². The summed E-state index contributed by atoms with van der Waals surface area (Å²) in [7, 11) is 0. The van der Waals surface area contributed by atoms with E-state index in [1.54, 1.807) is 0 Å². The molecule has 108 valence electrons. The Morgan fingerprint density at radius 2 is 1.53 bits per heavy atom. The molecule has 0 aromatic heterocycles. The van der Waals surface area contributed by atoms with Crippen LogP contribution in [0.1, 0.15) is 62.6 Å². The van der Waals surface area contributed by atoms with Crippen LogP contribution < -0.4 is 5.32 Å². The molecule has 1 N–H and O–H groups in total. The van der Waals surface area contributed by atoms with E-state index < -0.39 is 0 Å². The van der Waals surface area contributed by atoms with E-state index >= 15 is 0 Å². The number of nitrogens with one attached hydrogen (secondary N) is 1.